The Morgan fingerprint density at radius 3 is 1.84 bits per heavy atom. The van der Waals surface area contributed by atoms with Crippen molar-refractivity contribution < 1.29 is 51.7 Å². The number of halogens is 3. The fourth-order valence-corrected chi connectivity index (χ4v) is 3.38. The number of nitrogens with two attached hydrogens (primary N) is 1. The highest BCUT2D eigenvalue weighted by Crippen LogP contribution is 2.15. The number of carbonyl (C=O) groups is 4. The number of aliphatic carboxylic acids is 1. The van der Waals surface area contributed by atoms with Gasteiger partial charge in [0, 0.05) is 0 Å². The van der Waals surface area contributed by atoms with Gasteiger partial charge in [-0.05, 0) is 35.2 Å². The highest BCUT2D eigenvalue weighted by Gasteiger charge is 2.38. The van der Waals surface area contributed by atoms with Crippen LogP contribution in [0.5, 0.6) is 5.75 Å². The van der Waals surface area contributed by atoms with Gasteiger partial charge in [-0.2, -0.15) is 13.2 Å². The van der Waals surface area contributed by atoms with Crippen LogP contribution in [-0.2, 0) is 48.3 Å². The van der Waals surface area contributed by atoms with Gasteiger partial charge in [0.15, 0.2) is 0 Å². The van der Waals surface area contributed by atoms with Gasteiger partial charge in [0.2, 0.25) is 5.91 Å². The summed E-state index contributed by atoms with van der Waals surface area (Å²) < 4.78 is 47.6. The molecule has 0 radical (unpaired) electrons. The molecule has 0 unspecified atom stereocenters. The van der Waals surface area contributed by atoms with Gasteiger partial charge in [0.1, 0.15) is 18.4 Å². The first-order valence-electron chi connectivity index (χ1n) is 12.8. The molecule has 0 aliphatic heterocycles. The molecule has 0 aliphatic carbocycles. The third kappa shape index (κ3) is 12.8. The number of amides is 1. The first-order valence-corrected chi connectivity index (χ1v) is 12.8. The van der Waals surface area contributed by atoms with Gasteiger partial charge < -0.3 is 30.4 Å². The molecular weight excluding hydrogens is 573 g/mol. The molecule has 3 rings (SSSR count). The van der Waals surface area contributed by atoms with E-state index in [-0.39, 0.29) is 19.6 Å². The van der Waals surface area contributed by atoms with Crippen LogP contribution in [0, 0.1) is 0 Å². The Hall–Kier alpha value is -4.75. The summed E-state index contributed by atoms with van der Waals surface area (Å²) in [4.78, 5) is 45.8. The van der Waals surface area contributed by atoms with Crippen molar-refractivity contribution in [1.82, 2.24) is 5.32 Å². The van der Waals surface area contributed by atoms with Crippen molar-refractivity contribution >= 4 is 23.6 Å². The van der Waals surface area contributed by atoms with Gasteiger partial charge >= 0.3 is 18.1 Å². The Labute approximate surface area is 245 Å². The molecule has 0 aromatic heterocycles. The van der Waals surface area contributed by atoms with E-state index in [0.717, 1.165) is 23.8 Å². The summed E-state index contributed by atoms with van der Waals surface area (Å²) >= 11 is 0. The van der Waals surface area contributed by atoms with Crippen LogP contribution in [0.25, 0.3) is 0 Å². The molecule has 230 valence electrons. The molecule has 43 heavy (non-hydrogen) atoms. The number of carboxylic acid groups (broad SMARTS) is 1. The topological polar surface area (TPSA) is 154 Å². The van der Waals surface area contributed by atoms with E-state index in [1.165, 1.54) is 0 Å². The van der Waals surface area contributed by atoms with Gasteiger partial charge in [-0.1, -0.05) is 72.8 Å². The molecule has 0 saturated heterocycles. The average molecular weight is 605 g/mol. The Balaban J connectivity index is 0.000000821. The number of Topliss-reactive ketones (excluding diaryl/α,β-unsaturated/α-hetero) is 1. The van der Waals surface area contributed by atoms with Gasteiger partial charge in [0.25, 0.3) is 5.78 Å². The van der Waals surface area contributed by atoms with Crippen LogP contribution in [0.2, 0.25) is 0 Å². The van der Waals surface area contributed by atoms with Crippen molar-refractivity contribution in [1.29, 1.82) is 0 Å². The van der Waals surface area contributed by atoms with E-state index in [1.54, 1.807) is 0 Å². The van der Waals surface area contributed by atoms with Gasteiger partial charge in [-0.15, -0.1) is 0 Å². The van der Waals surface area contributed by atoms with E-state index in [0.29, 0.717) is 12.4 Å². The number of hydrogen-bond acceptors (Lipinski definition) is 8. The minimum atomic E-state index is -5.08. The third-order valence-electron chi connectivity index (χ3n) is 5.62. The number of esters is 1. The van der Waals surface area contributed by atoms with Crippen molar-refractivity contribution in [3.8, 4) is 5.75 Å². The van der Waals surface area contributed by atoms with Crippen molar-refractivity contribution in [2.75, 3.05) is 13.7 Å². The molecule has 3 aromatic carbocycles. The van der Waals surface area contributed by atoms with Crippen LogP contribution in [0.3, 0.4) is 0 Å². The lowest BCUT2D eigenvalue weighted by Gasteiger charge is -2.19. The molecule has 0 bridgehead atoms. The predicted octanol–water partition coefficient (Wildman–Crippen LogP) is 3.21. The van der Waals surface area contributed by atoms with E-state index in [4.69, 9.17) is 25.1 Å². The molecule has 13 heteroatoms. The van der Waals surface area contributed by atoms with E-state index in [1.807, 2.05) is 84.9 Å². The normalized spacial score (nSPS) is 12.1. The minimum Gasteiger partial charge on any atom is -0.489 e. The Morgan fingerprint density at radius 1 is 0.837 bits per heavy atom. The minimum absolute atomic E-state index is 0.200. The number of ketones is 1. The third-order valence-corrected chi connectivity index (χ3v) is 5.62. The van der Waals surface area contributed by atoms with Gasteiger partial charge in [-0.25, -0.2) is 9.59 Å². The number of nitrogens with one attached hydrogen (secondary N) is 1. The second kappa shape index (κ2) is 17.3. The van der Waals surface area contributed by atoms with Gasteiger partial charge in [-0.3, -0.25) is 9.59 Å². The number of carboxylic acids is 1. The molecular formula is C30H31F3N2O8. The van der Waals surface area contributed by atoms with E-state index >= 15 is 0 Å². The van der Waals surface area contributed by atoms with Crippen LogP contribution in [0.15, 0.2) is 84.9 Å². The van der Waals surface area contributed by atoms with Crippen LogP contribution in [0.4, 0.5) is 13.2 Å². The molecule has 0 fully saturated rings. The highest BCUT2D eigenvalue weighted by atomic mass is 19.4. The fourth-order valence-electron chi connectivity index (χ4n) is 3.38. The molecule has 1 amide bonds. The van der Waals surface area contributed by atoms with Crippen molar-refractivity contribution in [3.63, 3.8) is 0 Å². The fraction of sp³-hybridized carbons (Fsp3) is 0.267. The highest BCUT2D eigenvalue weighted by molar-refractivity contribution is 6.36. The molecule has 10 nitrogen and oxygen atoms in total. The van der Waals surface area contributed by atoms with E-state index < -0.39 is 41.9 Å². The number of rotatable bonds is 13. The lowest BCUT2D eigenvalue weighted by Crippen LogP contribution is -2.52. The van der Waals surface area contributed by atoms with E-state index in [2.05, 4.69) is 10.1 Å². The Morgan fingerprint density at radius 2 is 1.35 bits per heavy atom. The SMILES string of the molecule is COC(=O)C(=O)[C@H](COCc1ccccc1)NC(=O)[C@@H](N)Cc1ccc(OCc2ccccc2)cc1.O=C(O)C(F)(F)F. The van der Waals surface area contributed by atoms with Crippen molar-refractivity contribution in [2.45, 2.75) is 37.9 Å². The summed E-state index contributed by atoms with van der Waals surface area (Å²) in [5, 5.41) is 9.65. The maximum absolute atomic E-state index is 12.7. The second-order valence-corrected chi connectivity index (χ2v) is 8.95. The number of methoxy groups -OCH3 is 1. The first kappa shape index (κ1) is 34.5. The molecule has 2 atom stereocenters. The Bertz CT molecular complexity index is 1320. The summed E-state index contributed by atoms with van der Waals surface area (Å²) in [5.41, 5.74) is 8.86. The molecule has 3 aromatic rings. The average Bonchev–Trinajstić information content (AvgIpc) is 3.00. The molecule has 0 heterocycles. The lowest BCUT2D eigenvalue weighted by molar-refractivity contribution is -0.192. The van der Waals surface area contributed by atoms with Crippen molar-refractivity contribution in [3.05, 3.63) is 102 Å². The van der Waals surface area contributed by atoms with Crippen LogP contribution >= 0.6 is 0 Å². The number of alkyl halides is 3. The smallest absolute Gasteiger partial charge is 0.489 e. The van der Waals surface area contributed by atoms with Crippen molar-refractivity contribution in [2.24, 2.45) is 5.73 Å². The Kier molecular flexibility index (Phi) is 13.8. The second-order valence-electron chi connectivity index (χ2n) is 8.95. The maximum Gasteiger partial charge on any atom is 0.490 e. The standard InChI is InChI=1S/C28H30N2O6.C2HF3O2/c1-34-28(33)26(31)25(19-35-17-21-8-4-2-5-9-21)30-27(32)24(29)16-20-12-14-23(15-13-20)36-18-22-10-6-3-7-11-22;3-2(4,5)1(6)7/h2-15,24-25H,16-19,29H2,1H3,(H,30,32);(H,6,7)/t24-,25-;/m0./s1. The zero-order valence-corrected chi connectivity index (χ0v) is 23.1. The van der Waals surface area contributed by atoms with Crippen LogP contribution in [-0.4, -0.2) is 60.7 Å². The summed E-state index contributed by atoms with van der Waals surface area (Å²) in [6.07, 6.45) is -4.85. The number of ether oxygens (including phenoxy) is 3. The largest absolute Gasteiger partial charge is 0.490 e. The molecule has 0 aliphatic rings. The number of benzene rings is 3. The van der Waals surface area contributed by atoms with E-state index in [9.17, 15) is 27.6 Å². The molecule has 4 N–H and O–H groups in total. The monoisotopic (exact) mass is 604 g/mol. The summed E-state index contributed by atoms with van der Waals surface area (Å²) in [6.45, 7) is 0.463. The maximum atomic E-state index is 12.7. The molecule has 0 spiro atoms. The predicted molar refractivity (Wildman–Crippen MR) is 148 cm³/mol. The number of carbonyl (C=O) groups excluding carboxylic acids is 3. The summed E-state index contributed by atoms with van der Waals surface area (Å²) in [5.74, 6) is -4.62. The van der Waals surface area contributed by atoms with Crippen LogP contribution < -0.4 is 15.8 Å². The summed E-state index contributed by atoms with van der Waals surface area (Å²) in [7, 11) is 1.10. The quantitative estimate of drug-likeness (QED) is 0.197. The summed E-state index contributed by atoms with van der Waals surface area (Å²) in [6, 6.07) is 24.3. The number of hydrogen-bond donors (Lipinski definition) is 3. The van der Waals surface area contributed by atoms with Gasteiger partial charge in [0.05, 0.1) is 26.4 Å². The first-order chi connectivity index (χ1) is 20.4. The zero-order valence-electron chi connectivity index (χ0n) is 23.1. The zero-order chi connectivity index (χ0) is 31.8. The molecule has 0 saturated carbocycles. The lowest BCUT2D eigenvalue weighted by atomic mass is 10.0. The van der Waals surface area contributed by atoms with Crippen LogP contribution in [0.1, 0.15) is 16.7 Å².